The average Bonchev–Trinajstić information content (AvgIpc) is 3.26. The Bertz CT molecular complexity index is 1240. The van der Waals surface area contributed by atoms with Gasteiger partial charge in [-0.1, -0.05) is 222 Å². The van der Waals surface area contributed by atoms with E-state index in [0.29, 0.717) is 17.4 Å². The number of rotatable bonds is 49. The van der Waals surface area contributed by atoms with Gasteiger partial charge in [-0.15, -0.1) is 0 Å². The minimum Gasteiger partial charge on any atom is -0.756 e. The lowest BCUT2D eigenvalue weighted by Gasteiger charge is -2.29. The maximum atomic E-state index is 12.9. The molecule has 9 heteroatoms. The molecule has 0 spiro atoms. The highest BCUT2D eigenvalue weighted by Gasteiger charge is 2.23. The monoisotopic (exact) mass is 933 g/mol. The minimum absolute atomic E-state index is 0.00991. The van der Waals surface area contributed by atoms with E-state index in [-0.39, 0.29) is 12.5 Å². The van der Waals surface area contributed by atoms with E-state index in [0.717, 1.165) is 64.2 Å². The lowest BCUT2D eigenvalue weighted by atomic mass is 10.0. The molecule has 3 atom stereocenters. The predicted octanol–water partition coefficient (Wildman–Crippen LogP) is 15.5. The van der Waals surface area contributed by atoms with E-state index in [2.05, 4.69) is 67.8 Å². The van der Waals surface area contributed by atoms with Crippen molar-refractivity contribution in [2.75, 3.05) is 40.9 Å². The Labute approximate surface area is 402 Å². The summed E-state index contributed by atoms with van der Waals surface area (Å²) in [4.78, 5) is 25.4. The first-order valence-corrected chi connectivity index (χ1v) is 28.6. The number of phosphoric ester groups is 1. The molecule has 8 nitrogen and oxygen atoms in total. The summed E-state index contributed by atoms with van der Waals surface area (Å²) in [5.74, 6) is -0.215. The largest absolute Gasteiger partial charge is 0.756 e. The van der Waals surface area contributed by atoms with Crippen LogP contribution in [-0.4, -0.2) is 68.5 Å². The molecule has 0 aliphatic heterocycles. The number of aliphatic hydroxyl groups is 1. The van der Waals surface area contributed by atoms with Gasteiger partial charge in [0.2, 0.25) is 5.91 Å². The summed E-state index contributed by atoms with van der Waals surface area (Å²) in [6, 6.07) is -0.910. The van der Waals surface area contributed by atoms with Crippen molar-refractivity contribution in [2.24, 2.45) is 0 Å². The van der Waals surface area contributed by atoms with Crippen molar-refractivity contribution in [2.45, 2.75) is 251 Å². The molecule has 0 rings (SSSR count). The molecule has 0 saturated heterocycles. The van der Waals surface area contributed by atoms with E-state index >= 15 is 0 Å². The lowest BCUT2D eigenvalue weighted by molar-refractivity contribution is -0.870. The molecule has 0 aromatic carbocycles. The predicted molar refractivity (Wildman–Crippen MR) is 279 cm³/mol. The second kappa shape index (κ2) is 47.3. The van der Waals surface area contributed by atoms with Crippen molar-refractivity contribution in [3.63, 3.8) is 0 Å². The fourth-order valence-corrected chi connectivity index (χ4v) is 8.37. The Kier molecular flexibility index (Phi) is 46.0. The van der Waals surface area contributed by atoms with E-state index in [1.165, 1.54) is 154 Å². The van der Waals surface area contributed by atoms with Crippen LogP contribution in [0.25, 0.3) is 0 Å². The van der Waals surface area contributed by atoms with E-state index in [4.69, 9.17) is 9.05 Å². The van der Waals surface area contributed by atoms with Gasteiger partial charge in [0.1, 0.15) is 13.2 Å². The van der Waals surface area contributed by atoms with Crippen molar-refractivity contribution in [3.05, 3.63) is 60.8 Å². The standard InChI is InChI=1S/C56H105N2O6P/c1-6-8-10-12-14-16-18-20-22-24-26-28-29-30-32-34-36-38-40-42-44-46-48-50-56(60)57-54(53-64-65(61,62)63-52-51-58(3,4)5)55(59)49-47-45-43-41-39-37-35-33-31-27-25-23-21-19-17-15-13-11-9-7-2/h18,20,24,26,29-30,39,41,47,49,54-55,59H,6-17,19,21-23,25,27-28,31-38,40,42-46,48,50-53H2,1-5H3,(H-,57,60,61,62)/b20-18-,26-24-,30-29-,41-39+,49-47+. The van der Waals surface area contributed by atoms with Crippen molar-refractivity contribution in [1.29, 1.82) is 0 Å². The summed E-state index contributed by atoms with van der Waals surface area (Å²) in [6.07, 6.45) is 62.8. The van der Waals surface area contributed by atoms with Crippen molar-refractivity contribution >= 4 is 13.7 Å². The molecular formula is C56H105N2O6P. The van der Waals surface area contributed by atoms with Crippen LogP contribution in [0.1, 0.15) is 239 Å². The van der Waals surface area contributed by atoms with Crippen LogP contribution in [0.15, 0.2) is 60.8 Å². The summed E-state index contributed by atoms with van der Waals surface area (Å²) < 4.78 is 23.3. The molecule has 0 bridgehead atoms. The topological polar surface area (TPSA) is 108 Å². The van der Waals surface area contributed by atoms with Crippen LogP contribution in [0.3, 0.4) is 0 Å². The third-order valence-corrected chi connectivity index (χ3v) is 12.9. The third kappa shape index (κ3) is 49.9. The maximum absolute atomic E-state index is 12.9. The molecule has 3 unspecified atom stereocenters. The average molecular weight is 933 g/mol. The van der Waals surface area contributed by atoms with Crippen LogP contribution in [-0.2, 0) is 18.4 Å². The highest BCUT2D eigenvalue weighted by molar-refractivity contribution is 7.45. The molecule has 2 N–H and O–H groups in total. The summed E-state index contributed by atoms with van der Waals surface area (Å²) in [6.45, 7) is 4.62. The maximum Gasteiger partial charge on any atom is 0.268 e. The van der Waals surface area contributed by atoms with Crippen LogP contribution in [0.4, 0.5) is 0 Å². The van der Waals surface area contributed by atoms with Crippen LogP contribution in [0.5, 0.6) is 0 Å². The highest BCUT2D eigenvalue weighted by atomic mass is 31.2. The highest BCUT2D eigenvalue weighted by Crippen LogP contribution is 2.38. The number of quaternary nitrogens is 1. The van der Waals surface area contributed by atoms with Gasteiger partial charge in [0, 0.05) is 6.42 Å². The fraction of sp³-hybridized carbons (Fsp3) is 0.804. The van der Waals surface area contributed by atoms with Crippen LogP contribution in [0.2, 0.25) is 0 Å². The molecule has 0 fully saturated rings. The molecule has 0 aromatic heterocycles. The number of allylic oxidation sites excluding steroid dienone is 9. The normalized spacial score (nSPS) is 14.5. The first-order chi connectivity index (χ1) is 31.5. The molecule has 380 valence electrons. The summed E-state index contributed by atoms with van der Waals surface area (Å²) in [5.41, 5.74) is 0. The Morgan fingerprint density at radius 3 is 1.35 bits per heavy atom. The van der Waals surface area contributed by atoms with E-state index < -0.39 is 26.6 Å². The SMILES string of the molecule is CCCCCCC/C=C\C/C=C\C/C=C\CCCCCCCCCCC(=O)NC(COP(=O)([O-])OCC[N+](C)(C)C)C(O)/C=C/CC/C=C/CCCCCCCCCCCCCCCC. The Morgan fingerprint density at radius 2 is 0.908 bits per heavy atom. The van der Waals surface area contributed by atoms with Crippen molar-refractivity contribution in [3.8, 4) is 0 Å². The second-order valence-electron chi connectivity index (χ2n) is 19.6. The number of phosphoric acid groups is 1. The van der Waals surface area contributed by atoms with Gasteiger partial charge in [0.25, 0.3) is 7.82 Å². The smallest absolute Gasteiger partial charge is 0.268 e. The van der Waals surface area contributed by atoms with Gasteiger partial charge < -0.3 is 28.8 Å². The molecule has 1 amide bonds. The fourth-order valence-electron chi connectivity index (χ4n) is 7.65. The molecule has 0 radical (unpaired) electrons. The number of carbonyl (C=O) groups is 1. The number of nitrogens with zero attached hydrogens (tertiary/aromatic N) is 1. The molecule has 0 aromatic rings. The first-order valence-electron chi connectivity index (χ1n) is 27.2. The Hall–Kier alpha value is -1.80. The zero-order valence-corrected chi connectivity index (χ0v) is 44.1. The molecule has 0 saturated carbocycles. The van der Waals surface area contributed by atoms with Gasteiger partial charge in [-0.05, 0) is 70.6 Å². The third-order valence-electron chi connectivity index (χ3n) is 11.9. The molecule has 0 heterocycles. The number of carbonyl (C=O) groups excluding carboxylic acids is 1. The number of hydrogen-bond acceptors (Lipinski definition) is 6. The van der Waals surface area contributed by atoms with E-state index in [1.54, 1.807) is 6.08 Å². The first kappa shape index (κ1) is 63.2. The summed E-state index contributed by atoms with van der Waals surface area (Å²) in [7, 11) is 1.23. The van der Waals surface area contributed by atoms with Crippen molar-refractivity contribution in [1.82, 2.24) is 5.32 Å². The van der Waals surface area contributed by atoms with Gasteiger partial charge in [0.05, 0.1) is 39.9 Å². The van der Waals surface area contributed by atoms with Gasteiger partial charge in [0.15, 0.2) is 0 Å². The van der Waals surface area contributed by atoms with Crippen LogP contribution in [0, 0.1) is 0 Å². The van der Waals surface area contributed by atoms with Gasteiger partial charge in [-0.3, -0.25) is 9.36 Å². The van der Waals surface area contributed by atoms with Crippen LogP contribution < -0.4 is 10.2 Å². The number of unbranched alkanes of at least 4 members (excludes halogenated alkanes) is 28. The molecular weight excluding hydrogens is 828 g/mol. The lowest BCUT2D eigenvalue weighted by Crippen LogP contribution is -2.45. The molecule has 0 aliphatic carbocycles. The Morgan fingerprint density at radius 1 is 0.538 bits per heavy atom. The van der Waals surface area contributed by atoms with E-state index in [9.17, 15) is 19.4 Å². The van der Waals surface area contributed by atoms with E-state index in [1.807, 2.05) is 27.2 Å². The zero-order valence-electron chi connectivity index (χ0n) is 43.2. The quantitative estimate of drug-likeness (QED) is 0.0272. The van der Waals surface area contributed by atoms with Crippen molar-refractivity contribution < 1.29 is 32.9 Å². The number of hydrogen-bond donors (Lipinski definition) is 2. The molecule has 65 heavy (non-hydrogen) atoms. The minimum atomic E-state index is -4.61. The van der Waals surface area contributed by atoms with Gasteiger partial charge >= 0.3 is 0 Å². The van der Waals surface area contributed by atoms with Gasteiger partial charge in [-0.2, -0.15) is 0 Å². The number of nitrogens with one attached hydrogen (secondary N) is 1. The number of likely N-dealkylation sites (N-methyl/N-ethyl adjacent to an activating group) is 1. The number of amides is 1. The molecule has 0 aliphatic rings. The van der Waals surface area contributed by atoms with Crippen LogP contribution >= 0.6 is 7.82 Å². The zero-order chi connectivity index (χ0) is 47.8. The summed E-state index contributed by atoms with van der Waals surface area (Å²) in [5, 5.41) is 13.8. The number of aliphatic hydroxyl groups excluding tert-OH is 1. The Balaban J connectivity index is 4.34. The summed E-state index contributed by atoms with van der Waals surface area (Å²) >= 11 is 0. The van der Waals surface area contributed by atoms with Gasteiger partial charge in [-0.25, -0.2) is 0 Å². The second-order valence-corrected chi connectivity index (χ2v) is 21.0.